The van der Waals surface area contributed by atoms with E-state index in [2.05, 4.69) is 26.8 Å². The first-order chi connectivity index (χ1) is 9.12. The maximum absolute atomic E-state index is 12.3. The number of amides is 1. The van der Waals surface area contributed by atoms with Gasteiger partial charge in [0.1, 0.15) is 5.75 Å². The van der Waals surface area contributed by atoms with Gasteiger partial charge in [0, 0.05) is 12.1 Å². The molecule has 0 spiro atoms. The van der Waals surface area contributed by atoms with Crippen molar-refractivity contribution in [1.82, 2.24) is 4.90 Å². The van der Waals surface area contributed by atoms with Crippen LogP contribution in [0.3, 0.4) is 0 Å². The lowest BCUT2D eigenvalue weighted by molar-refractivity contribution is 0.122. The largest absolute Gasteiger partial charge is 0.415 e. The van der Waals surface area contributed by atoms with E-state index in [0.717, 1.165) is 5.56 Å². The fourth-order valence-electron chi connectivity index (χ4n) is 2.20. The molecule has 0 aliphatic rings. The summed E-state index contributed by atoms with van der Waals surface area (Å²) in [4.78, 5) is 14.0. The van der Waals surface area contributed by atoms with Gasteiger partial charge in [-0.1, -0.05) is 32.9 Å². The zero-order valence-corrected chi connectivity index (χ0v) is 13.7. The highest BCUT2D eigenvalue weighted by molar-refractivity contribution is 5.71. The highest BCUT2D eigenvalue weighted by atomic mass is 16.6. The molecule has 1 aromatic carbocycles. The van der Waals surface area contributed by atoms with Crippen molar-refractivity contribution < 1.29 is 9.53 Å². The molecule has 0 unspecified atom stereocenters. The molecule has 0 heterocycles. The van der Waals surface area contributed by atoms with Crippen molar-refractivity contribution in [2.24, 2.45) is 0 Å². The lowest BCUT2D eigenvalue weighted by Crippen LogP contribution is -2.43. The van der Waals surface area contributed by atoms with E-state index in [9.17, 15) is 4.79 Å². The normalized spacial score (nSPS) is 11.8. The van der Waals surface area contributed by atoms with Gasteiger partial charge in [0.2, 0.25) is 0 Å². The number of ether oxygens (including phenoxy) is 1. The van der Waals surface area contributed by atoms with Crippen LogP contribution in [0.5, 0.6) is 5.75 Å². The van der Waals surface area contributed by atoms with Crippen LogP contribution >= 0.6 is 0 Å². The second-order valence-electron chi connectivity index (χ2n) is 6.74. The van der Waals surface area contributed by atoms with Crippen LogP contribution in [0, 0.1) is 0 Å². The molecule has 0 saturated heterocycles. The zero-order valence-electron chi connectivity index (χ0n) is 13.7. The zero-order chi connectivity index (χ0) is 15.5. The summed E-state index contributed by atoms with van der Waals surface area (Å²) in [7, 11) is 0. The van der Waals surface area contributed by atoms with Gasteiger partial charge < -0.3 is 9.64 Å². The van der Waals surface area contributed by atoms with Gasteiger partial charge in [-0.2, -0.15) is 0 Å². The predicted octanol–water partition coefficient (Wildman–Crippen LogP) is 4.60. The van der Waals surface area contributed by atoms with E-state index in [-0.39, 0.29) is 23.6 Å². The molecule has 1 rings (SSSR count). The van der Waals surface area contributed by atoms with Gasteiger partial charge in [-0.3, -0.25) is 0 Å². The van der Waals surface area contributed by atoms with Crippen LogP contribution in [0.4, 0.5) is 4.79 Å². The van der Waals surface area contributed by atoms with Crippen LogP contribution < -0.4 is 4.74 Å². The van der Waals surface area contributed by atoms with Gasteiger partial charge in [-0.25, -0.2) is 4.79 Å². The predicted molar refractivity (Wildman–Crippen MR) is 83.3 cm³/mol. The molecule has 3 heteroatoms. The van der Waals surface area contributed by atoms with Crippen molar-refractivity contribution in [2.45, 2.75) is 66.0 Å². The fraction of sp³-hybridized carbons (Fsp3) is 0.588. The molecule has 0 fully saturated rings. The molecule has 0 aliphatic carbocycles. The third kappa shape index (κ3) is 4.26. The Morgan fingerprint density at radius 3 is 2.10 bits per heavy atom. The summed E-state index contributed by atoms with van der Waals surface area (Å²) < 4.78 is 5.52. The molecule has 20 heavy (non-hydrogen) atoms. The average molecular weight is 277 g/mol. The van der Waals surface area contributed by atoms with E-state index in [4.69, 9.17) is 4.74 Å². The average Bonchev–Trinajstić information content (AvgIpc) is 2.26. The Labute approximate surface area is 122 Å². The molecule has 0 radical (unpaired) electrons. The summed E-state index contributed by atoms with van der Waals surface area (Å²) in [5.41, 5.74) is 1.20. The van der Waals surface area contributed by atoms with Crippen molar-refractivity contribution >= 4 is 6.09 Å². The first-order valence-corrected chi connectivity index (χ1v) is 7.23. The van der Waals surface area contributed by atoms with Gasteiger partial charge in [0.15, 0.2) is 0 Å². The standard InChI is InChI=1S/C17H27NO2/c1-12(2)18(13(3)4)16(19)20-15-10-8-9-14(11-15)17(5,6)7/h8-13H,1-7H3. The smallest absolute Gasteiger partial charge is 0.410 e. The Morgan fingerprint density at radius 2 is 1.65 bits per heavy atom. The van der Waals surface area contributed by atoms with Crippen molar-refractivity contribution in [3.05, 3.63) is 29.8 Å². The summed E-state index contributed by atoms with van der Waals surface area (Å²) in [6, 6.07) is 7.99. The second-order valence-corrected chi connectivity index (χ2v) is 6.74. The maximum atomic E-state index is 12.3. The Bertz CT molecular complexity index is 450. The summed E-state index contributed by atoms with van der Waals surface area (Å²) in [5, 5.41) is 0. The first kappa shape index (κ1) is 16.5. The van der Waals surface area contributed by atoms with Gasteiger partial charge in [-0.15, -0.1) is 0 Å². The summed E-state index contributed by atoms with van der Waals surface area (Å²) in [6.45, 7) is 14.4. The van der Waals surface area contributed by atoms with Crippen molar-refractivity contribution in [2.75, 3.05) is 0 Å². The molecule has 0 atom stereocenters. The van der Waals surface area contributed by atoms with Gasteiger partial charge in [0.05, 0.1) is 0 Å². The van der Waals surface area contributed by atoms with Crippen molar-refractivity contribution in [1.29, 1.82) is 0 Å². The fourth-order valence-corrected chi connectivity index (χ4v) is 2.20. The molecule has 112 valence electrons. The quantitative estimate of drug-likeness (QED) is 0.808. The number of benzene rings is 1. The Balaban J connectivity index is 2.91. The molecular weight excluding hydrogens is 250 g/mol. The minimum Gasteiger partial charge on any atom is -0.410 e. The van der Waals surface area contributed by atoms with Crippen LogP contribution in [0.2, 0.25) is 0 Å². The van der Waals surface area contributed by atoms with E-state index in [0.29, 0.717) is 5.75 Å². The van der Waals surface area contributed by atoms with Gasteiger partial charge in [-0.05, 0) is 50.8 Å². The SMILES string of the molecule is CC(C)N(C(=O)Oc1cccc(C(C)(C)C)c1)C(C)C. The minimum absolute atomic E-state index is 0.0399. The lowest BCUT2D eigenvalue weighted by Gasteiger charge is -2.29. The number of nitrogens with zero attached hydrogens (tertiary/aromatic N) is 1. The third-order valence-corrected chi connectivity index (χ3v) is 3.23. The molecular formula is C17H27NO2. The van der Waals surface area contributed by atoms with Crippen LogP contribution in [-0.4, -0.2) is 23.1 Å². The molecule has 0 bridgehead atoms. The highest BCUT2D eigenvalue weighted by Crippen LogP contribution is 2.26. The molecule has 0 saturated carbocycles. The number of hydrogen-bond acceptors (Lipinski definition) is 2. The van der Waals surface area contributed by atoms with Gasteiger partial charge >= 0.3 is 6.09 Å². The molecule has 0 aromatic heterocycles. The number of carbonyl (C=O) groups is 1. The van der Waals surface area contributed by atoms with E-state index >= 15 is 0 Å². The van der Waals surface area contributed by atoms with E-state index < -0.39 is 0 Å². The number of hydrogen-bond donors (Lipinski definition) is 0. The van der Waals surface area contributed by atoms with Crippen LogP contribution in [-0.2, 0) is 5.41 Å². The van der Waals surface area contributed by atoms with E-state index in [1.165, 1.54) is 0 Å². The Kier molecular flexibility index (Phi) is 5.21. The molecule has 0 aliphatic heterocycles. The maximum Gasteiger partial charge on any atom is 0.415 e. The molecule has 1 amide bonds. The monoisotopic (exact) mass is 277 g/mol. The summed E-state index contributed by atoms with van der Waals surface area (Å²) in [5.74, 6) is 0.605. The highest BCUT2D eigenvalue weighted by Gasteiger charge is 2.22. The molecule has 1 aromatic rings. The lowest BCUT2D eigenvalue weighted by atomic mass is 9.87. The molecule has 3 nitrogen and oxygen atoms in total. The van der Waals surface area contributed by atoms with E-state index in [1.807, 2.05) is 45.9 Å². The second kappa shape index (κ2) is 6.29. The summed E-state index contributed by atoms with van der Waals surface area (Å²) >= 11 is 0. The topological polar surface area (TPSA) is 29.5 Å². The van der Waals surface area contributed by atoms with Crippen molar-refractivity contribution in [3.63, 3.8) is 0 Å². The third-order valence-electron chi connectivity index (χ3n) is 3.23. The number of rotatable bonds is 3. The summed E-state index contributed by atoms with van der Waals surface area (Å²) in [6.07, 6.45) is -0.291. The van der Waals surface area contributed by atoms with Crippen molar-refractivity contribution in [3.8, 4) is 5.75 Å². The van der Waals surface area contributed by atoms with E-state index in [1.54, 1.807) is 4.90 Å². The Hall–Kier alpha value is -1.51. The number of carbonyl (C=O) groups excluding carboxylic acids is 1. The Morgan fingerprint density at radius 1 is 1.10 bits per heavy atom. The minimum atomic E-state index is -0.291. The first-order valence-electron chi connectivity index (χ1n) is 7.23. The van der Waals surface area contributed by atoms with Crippen LogP contribution in [0.15, 0.2) is 24.3 Å². The van der Waals surface area contributed by atoms with Crippen LogP contribution in [0.25, 0.3) is 0 Å². The molecule has 0 N–H and O–H groups in total. The van der Waals surface area contributed by atoms with Crippen LogP contribution in [0.1, 0.15) is 54.0 Å². The van der Waals surface area contributed by atoms with Gasteiger partial charge in [0.25, 0.3) is 0 Å².